The Morgan fingerprint density at radius 3 is 1.93 bits per heavy atom. The predicted octanol–water partition coefficient (Wildman–Crippen LogP) is 5.24. The summed E-state index contributed by atoms with van der Waals surface area (Å²) in [4.78, 5) is 13.4. The highest BCUT2D eigenvalue weighted by Gasteiger charge is 2.11. The number of amides is 1. The first-order valence-electron chi connectivity index (χ1n) is 8.74. The van der Waals surface area contributed by atoms with Gasteiger partial charge in [0.25, 0.3) is 0 Å². The van der Waals surface area contributed by atoms with Gasteiger partial charge in [-0.05, 0) is 48.9 Å². The van der Waals surface area contributed by atoms with Crippen molar-refractivity contribution in [2.75, 3.05) is 11.5 Å². The summed E-state index contributed by atoms with van der Waals surface area (Å²) < 4.78 is 4.76. The summed E-state index contributed by atoms with van der Waals surface area (Å²) in [5.41, 5.74) is 6.38. The molecule has 0 aliphatic rings. The molecule has 0 radical (unpaired) electrons. The number of anilines is 3. The number of hydrogen-bond acceptors (Lipinski definition) is 4. The van der Waals surface area contributed by atoms with Gasteiger partial charge in [-0.15, -0.1) is 0 Å². The normalized spacial score (nSPS) is 10.6. The summed E-state index contributed by atoms with van der Waals surface area (Å²) in [5.74, 6) is 0. The molecule has 1 N–H and O–H groups in total. The van der Waals surface area contributed by atoms with Crippen LogP contribution in [0.3, 0.4) is 0 Å². The maximum atomic E-state index is 11.2. The smallest absolute Gasteiger partial charge is 0.427 e. The highest BCUT2D eigenvalue weighted by Crippen LogP contribution is 2.33. The number of hydrogen-bond donors (Lipinski definition) is 1. The minimum absolute atomic E-state index is 0.310. The molecule has 0 heterocycles. The van der Waals surface area contributed by atoms with Gasteiger partial charge in [0.2, 0.25) is 0 Å². The maximum absolute atomic E-state index is 11.2. The van der Waals surface area contributed by atoms with E-state index in [1.165, 1.54) is 0 Å². The van der Waals surface area contributed by atoms with Crippen LogP contribution in [0.15, 0.2) is 90.0 Å². The molecule has 3 rings (SSSR count). The van der Waals surface area contributed by atoms with Crippen LogP contribution in [0.5, 0.6) is 0 Å². The first kappa shape index (κ1) is 18.2. The molecule has 1 amide bonds. The third-order valence-corrected chi connectivity index (χ3v) is 3.82. The van der Waals surface area contributed by atoms with Gasteiger partial charge in [0, 0.05) is 17.1 Å². The fraction of sp³-hybridized carbons (Fsp3) is 0.0909. The van der Waals surface area contributed by atoms with Gasteiger partial charge in [0.15, 0.2) is 0 Å². The first-order chi connectivity index (χ1) is 13.3. The Morgan fingerprint density at radius 2 is 1.41 bits per heavy atom. The van der Waals surface area contributed by atoms with E-state index in [0.717, 1.165) is 22.6 Å². The van der Waals surface area contributed by atoms with Crippen LogP contribution in [0.2, 0.25) is 0 Å². The van der Waals surface area contributed by atoms with E-state index in [4.69, 9.17) is 4.74 Å². The van der Waals surface area contributed by atoms with Crippen molar-refractivity contribution in [2.24, 2.45) is 5.10 Å². The fourth-order valence-electron chi connectivity index (χ4n) is 2.63. The second-order valence-corrected chi connectivity index (χ2v) is 5.69. The van der Waals surface area contributed by atoms with Crippen LogP contribution >= 0.6 is 0 Å². The second-order valence-electron chi connectivity index (χ2n) is 5.69. The van der Waals surface area contributed by atoms with Crippen LogP contribution in [-0.4, -0.2) is 18.9 Å². The number of carbonyl (C=O) groups excluding carboxylic acids is 1. The molecule has 27 heavy (non-hydrogen) atoms. The number of para-hydroxylation sites is 2. The Balaban J connectivity index is 1.82. The third-order valence-electron chi connectivity index (χ3n) is 3.82. The van der Waals surface area contributed by atoms with Gasteiger partial charge in [0.1, 0.15) is 0 Å². The number of ether oxygens (including phenoxy) is 1. The average Bonchev–Trinajstić information content (AvgIpc) is 2.71. The number of rotatable bonds is 6. The molecular formula is C22H21N3O2. The molecule has 0 aliphatic heterocycles. The van der Waals surface area contributed by atoms with Crippen molar-refractivity contribution in [2.45, 2.75) is 6.92 Å². The highest BCUT2D eigenvalue weighted by atomic mass is 16.5. The quantitative estimate of drug-likeness (QED) is 0.484. The maximum Gasteiger partial charge on any atom is 0.427 e. The largest absolute Gasteiger partial charge is 0.449 e. The minimum Gasteiger partial charge on any atom is -0.449 e. The molecule has 0 unspecified atom stereocenters. The zero-order valence-corrected chi connectivity index (χ0v) is 15.1. The second kappa shape index (κ2) is 9.20. The van der Waals surface area contributed by atoms with Gasteiger partial charge in [-0.2, -0.15) is 5.10 Å². The van der Waals surface area contributed by atoms with Gasteiger partial charge in [-0.3, -0.25) is 0 Å². The molecule has 0 aliphatic carbocycles. The van der Waals surface area contributed by atoms with E-state index in [1.807, 2.05) is 60.7 Å². The Bertz CT molecular complexity index is 839. The lowest BCUT2D eigenvalue weighted by molar-refractivity contribution is 0.152. The Labute approximate surface area is 158 Å². The van der Waals surface area contributed by atoms with Gasteiger partial charge in [-0.1, -0.05) is 48.5 Å². The zero-order chi connectivity index (χ0) is 18.9. The molecule has 5 heteroatoms. The van der Waals surface area contributed by atoms with E-state index in [0.29, 0.717) is 6.61 Å². The van der Waals surface area contributed by atoms with Crippen molar-refractivity contribution in [1.82, 2.24) is 5.43 Å². The molecular weight excluding hydrogens is 338 g/mol. The number of nitrogens with one attached hydrogen (secondary N) is 1. The zero-order valence-electron chi connectivity index (χ0n) is 15.1. The van der Waals surface area contributed by atoms with Gasteiger partial charge in [0.05, 0.1) is 12.8 Å². The van der Waals surface area contributed by atoms with Crippen LogP contribution in [0.1, 0.15) is 12.5 Å². The van der Waals surface area contributed by atoms with E-state index < -0.39 is 6.09 Å². The van der Waals surface area contributed by atoms with Crippen LogP contribution in [0, 0.1) is 0 Å². The average molecular weight is 359 g/mol. The number of carbonyl (C=O) groups is 1. The van der Waals surface area contributed by atoms with Gasteiger partial charge in [-0.25, -0.2) is 10.2 Å². The van der Waals surface area contributed by atoms with E-state index in [-0.39, 0.29) is 0 Å². The number of hydrazone groups is 1. The van der Waals surface area contributed by atoms with Crippen LogP contribution < -0.4 is 10.3 Å². The molecule has 0 spiro atoms. The standard InChI is InChI=1S/C22H21N3O2/c1-2-27-22(26)24-23-17-18-13-15-21(16-14-18)25(19-9-5-3-6-10-19)20-11-7-4-8-12-20/h3-17H,2H2,1H3,(H,24,26). The van der Waals surface area contributed by atoms with E-state index >= 15 is 0 Å². The Morgan fingerprint density at radius 1 is 0.889 bits per heavy atom. The van der Waals surface area contributed by atoms with Gasteiger partial charge >= 0.3 is 6.09 Å². The van der Waals surface area contributed by atoms with Crippen LogP contribution in [-0.2, 0) is 4.74 Å². The van der Waals surface area contributed by atoms with E-state index in [2.05, 4.69) is 39.7 Å². The molecule has 3 aromatic rings. The molecule has 3 aromatic carbocycles. The van der Waals surface area contributed by atoms with Crippen molar-refractivity contribution in [3.8, 4) is 0 Å². The number of nitrogens with zero attached hydrogens (tertiary/aromatic N) is 2. The molecule has 0 saturated carbocycles. The Kier molecular flexibility index (Phi) is 6.20. The lowest BCUT2D eigenvalue weighted by Gasteiger charge is -2.25. The lowest BCUT2D eigenvalue weighted by Crippen LogP contribution is -2.18. The topological polar surface area (TPSA) is 53.9 Å². The highest BCUT2D eigenvalue weighted by molar-refractivity contribution is 5.83. The molecule has 0 aromatic heterocycles. The molecule has 0 atom stereocenters. The third kappa shape index (κ3) is 4.95. The monoisotopic (exact) mass is 359 g/mol. The summed E-state index contributed by atoms with van der Waals surface area (Å²) in [5, 5.41) is 3.89. The fourth-order valence-corrected chi connectivity index (χ4v) is 2.63. The summed E-state index contributed by atoms with van der Waals surface area (Å²) in [6.07, 6.45) is 1.01. The molecule has 0 saturated heterocycles. The predicted molar refractivity (Wildman–Crippen MR) is 109 cm³/mol. The molecule has 5 nitrogen and oxygen atoms in total. The van der Waals surface area contributed by atoms with Gasteiger partial charge < -0.3 is 9.64 Å². The molecule has 0 fully saturated rings. The van der Waals surface area contributed by atoms with Crippen LogP contribution in [0.25, 0.3) is 0 Å². The van der Waals surface area contributed by atoms with Crippen molar-refractivity contribution >= 4 is 29.4 Å². The molecule has 136 valence electrons. The minimum atomic E-state index is -0.565. The van der Waals surface area contributed by atoms with Crippen molar-refractivity contribution in [3.05, 3.63) is 90.5 Å². The number of benzene rings is 3. The lowest BCUT2D eigenvalue weighted by atomic mass is 10.1. The summed E-state index contributed by atoms with van der Waals surface area (Å²) in [6, 6.07) is 28.3. The molecule has 0 bridgehead atoms. The van der Waals surface area contributed by atoms with Crippen molar-refractivity contribution < 1.29 is 9.53 Å². The summed E-state index contributed by atoms with van der Waals surface area (Å²) >= 11 is 0. The first-order valence-corrected chi connectivity index (χ1v) is 8.74. The van der Waals surface area contributed by atoms with E-state index in [1.54, 1.807) is 13.1 Å². The SMILES string of the molecule is CCOC(=O)NN=Cc1ccc(N(c2ccccc2)c2ccccc2)cc1. The van der Waals surface area contributed by atoms with Crippen molar-refractivity contribution in [3.63, 3.8) is 0 Å². The summed E-state index contributed by atoms with van der Waals surface area (Å²) in [7, 11) is 0. The summed E-state index contributed by atoms with van der Waals surface area (Å²) in [6.45, 7) is 2.05. The van der Waals surface area contributed by atoms with Crippen LogP contribution in [0.4, 0.5) is 21.9 Å². The van der Waals surface area contributed by atoms with E-state index in [9.17, 15) is 4.79 Å². The van der Waals surface area contributed by atoms with Crippen molar-refractivity contribution in [1.29, 1.82) is 0 Å². The Hall–Kier alpha value is -3.60.